The Bertz CT molecular complexity index is 429. The minimum absolute atomic E-state index is 0.0646. The summed E-state index contributed by atoms with van der Waals surface area (Å²) in [4.78, 5) is 11.0. The highest BCUT2D eigenvalue weighted by Gasteiger charge is 2.35. The summed E-state index contributed by atoms with van der Waals surface area (Å²) in [6.45, 7) is 1.48. The molecule has 94 valence electrons. The SMILES string of the molecule is CC(Br)C(=O)c1cc(CCl)ccc1C(F)(F)F. The fourth-order valence-corrected chi connectivity index (χ4v) is 1.75. The highest BCUT2D eigenvalue weighted by molar-refractivity contribution is 9.10. The molecule has 6 heteroatoms. The van der Waals surface area contributed by atoms with Gasteiger partial charge in [0.2, 0.25) is 0 Å². The smallest absolute Gasteiger partial charge is 0.293 e. The zero-order chi connectivity index (χ0) is 13.2. The van der Waals surface area contributed by atoms with Gasteiger partial charge in [-0.15, -0.1) is 11.6 Å². The van der Waals surface area contributed by atoms with Crippen LogP contribution in [-0.4, -0.2) is 10.6 Å². The average Bonchev–Trinajstić information content (AvgIpc) is 2.25. The second-order valence-electron chi connectivity index (χ2n) is 3.49. The van der Waals surface area contributed by atoms with E-state index in [1.807, 2.05) is 0 Å². The van der Waals surface area contributed by atoms with Gasteiger partial charge in [0.1, 0.15) is 0 Å². The van der Waals surface area contributed by atoms with Crippen LogP contribution in [0.3, 0.4) is 0 Å². The number of hydrogen-bond donors (Lipinski definition) is 0. The summed E-state index contributed by atoms with van der Waals surface area (Å²) in [6, 6.07) is 3.35. The third-order valence-electron chi connectivity index (χ3n) is 2.17. The molecular weight excluding hydrogens is 320 g/mol. The fourth-order valence-electron chi connectivity index (χ4n) is 1.34. The average molecular weight is 330 g/mol. The van der Waals surface area contributed by atoms with Gasteiger partial charge >= 0.3 is 6.18 Å². The molecule has 0 aliphatic carbocycles. The summed E-state index contributed by atoms with van der Waals surface area (Å²) < 4.78 is 38.1. The van der Waals surface area contributed by atoms with E-state index in [9.17, 15) is 18.0 Å². The molecule has 0 saturated heterocycles. The molecule has 0 saturated carbocycles. The van der Waals surface area contributed by atoms with Gasteiger partial charge in [0.05, 0.1) is 10.4 Å². The summed E-state index contributed by atoms with van der Waals surface area (Å²) in [6.07, 6.45) is -4.54. The molecule has 1 unspecified atom stereocenters. The second kappa shape index (κ2) is 5.40. The largest absolute Gasteiger partial charge is 0.417 e. The van der Waals surface area contributed by atoms with E-state index in [0.29, 0.717) is 5.56 Å². The van der Waals surface area contributed by atoms with E-state index >= 15 is 0 Å². The van der Waals surface area contributed by atoms with Crippen molar-refractivity contribution in [3.05, 3.63) is 34.9 Å². The predicted molar refractivity (Wildman–Crippen MR) is 63.7 cm³/mol. The lowest BCUT2D eigenvalue weighted by atomic mass is 9.99. The molecule has 1 aromatic carbocycles. The van der Waals surface area contributed by atoms with E-state index in [0.717, 1.165) is 6.07 Å². The third-order valence-corrected chi connectivity index (χ3v) is 2.89. The summed E-state index contributed by atoms with van der Waals surface area (Å²) in [5, 5.41) is 0. The maximum absolute atomic E-state index is 12.7. The number of hydrogen-bond acceptors (Lipinski definition) is 1. The van der Waals surface area contributed by atoms with E-state index in [1.165, 1.54) is 19.1 Å². The quantitative estimate of drug-likeness (QED) is 0.593. The molecule has 0 heterocycles. The molecule has 17 heavy (non-hydrogen) atoms. The molecule has 0 spiro atoms. The number of benzene rings is 1. The van der Waals surface area contributed by atoms with Crippen LogP contribution in [0.4, 0.5) is 13.2 Å². The van der Waals surface area contributed by atoms with E-state index in [2.05, 4.69) is 15.9 Å². The van der Waals surface area contributed by atoms with Gasteiger partial charge in [-0.25, -0.2) is 0 Å². The Morgan fingerprint density at radius 2 is 2.06 bits per heavy atom. The van der Waals surface area contributed by atoms with Crippen LogP contribution in [0, 0.1) is 0 Å². The second-order valence-corrected chi connectivity index (χ2v) is 5.13. The summed E-state index contributed by atoms with van der Waals surface area (Å²) in [5.74, 6) is -0.543. The monoisotopic (exact) mass is 328 g/mol. The Labute approximate surface area is 110 Å². The first-order chi connectivity index (χ1) is 7.77. The summed E-state index contributed by atoms with van der Waals surface area (Å²) in [5.41, 5.74) is -0.793. The molecule has 0 N–H and O–H groups in total. The Morgan fingerprint density at radius 1 is 1.47 bits per heavy atom. The first kappa shape index (κ1) is 14.5. The van der Waals surface area contributed by atoms with Crippen molar-refractivity contribution >= 4 is 33.3 Å². The van der Waals surface area contributed by atoms with Gasteiger partial charge in [0, 0.05) is 11.4 Å². The zero-order valence-electron chi connectivity index (χ0n) is 8.81. The maximum Gasteiger partial charge on any atom is 0.417 e. The maximum atomic E-state index is 12.7. The van der Waals surface area contributed by atoms with Crippen LogP contribution in [0.5, 0.6) is 0 Å². The molecule has 1 nitrogen and oxygen atoms in total. The first-order valence-electron chi connectivity index (χ1n) is 4.71. The van der Waals surface area contributed by atoms with Crippen molar-refractivity contribution in [3.63, 3.8) is 0 Å². The predicted octanol–water partition coefficient (Wildman–Crippen LogP) is 4.41. The molecule has 0 fully saturated rings. The van der Waals surface area contributed by atoms with Crippen LogP contribution < -0.4 is 0 Å². The number of rotatable bonds is 3. The number of carbonyl (C=O) groups excluding carboxylic acids is 1. The number of carbonyl (C=O) groups is 1. The summed E-state index contributed by atoms with van der Waals surface area (Å²) >= 11 is 8.52. The van der Waals surface area contributed by atoms with Gasteiger partial charge in [-0.3, -0.25) is 4.79 Å². The van der Waals surface area contributed by atoms with Crippen molar-refractivity contribution in [2.75, 3.05) is 0 Å². The van der Waals surface area contributed by atoms with Gasteiger partial charge in [-0.2, -0.15) is 13.2 Å². The van der Waals surface area contributed by atoms with Gasteiger partial charge in [0.25, 0.3) is 0 Å². The van der Waals surface area contributed by atoms with Crippen LogP contribution in [0.15, 0.2) is 18.2 Å². The van der Waals surface area contributed by atoms with E-state index in [4.69, 9.17) is 11.6 Å². The van der Waals surface area contributed by atoms with Crippen molar-refractivity contribution in [2.45, 2.75) is 23.8 Å². The number of Topliss-reactive ketones (excluding diaryl/α,β-unsaturated/α-hetero) is 1. The molecule has 1 rings (SSSR count). The molecule has 0 bridgehead atoms. The van der Waals surface area contributed by atoms with Crippen molar-refractivity contribution in [2.24, 2.45) is 0 Å². The molecule has 0 radical (unpaired) electrons. The highest BCUT2D eigenvalue weighted by atomic mass is 79.9. The minimum atomic E-state index is -4.54. The number of alkyl halides is 5. The lowest BCUT2D eigenvalue weighted by molar-refractivity contribution is -0.137. The van der Waals surface area contributed by atoms with Crippen LogP contribution in [0.25, 0.3) is 0 Å². The van der Waals surface area contributed by atoms with Crippen LogP contribution in [0.1, 0.15) is 28.4 Å². The topological polar surface area (TPSA) is 17.1 Å². The molecule has 0 aliphatic rings. The first-order valence-corrected chi connectivity index (χ1v) is 6.16. The Balaban J connectivity index is 3.36. The molecule has 0 aliphatic heterocycles. The lowest BCUT2D eigenvalue weighted by Crippen LogP contribution is -2.18. The summed E-state index contributed by atoms with van der Waals surface area (Å²) in [7, 11) is 0. The van der Waals surface area contributed by atoms with Crippen molar-refractivity contribution in [1.82, 2.24) is 0 Å². The number of halogens is 5. The van der Waals surface area contributed by atoms with Gasteiger partial charge in [0.15, 0.2) is 5.78 Å². The molecule has 1 atom stereocenters. The third kappa shape index (κ3) is 3.45. The fraction of sp³-hybridized carbons (Fsp3) is 0.364. The van der Waals surface area contributed by atoms with Gasteiger partial charge in [-0.1, -0.05) is 22.0 Å². The van der Waals surface area contributed by atoms with Gasteiger partial charge in [-0.05, 0) is 24.6 Å². The molecular formula is C11H9BrClF3O. The van der Waals surface area contributed by atoms with E-state index in [-0.39, 0.29) is 11.4 Å². The highest BCUT2D eigenvalue weighted by Crippen LogP contribution is 2.33. The van der Waals surface area contributed by atoms with Crippen molar-refractivity contribution in [1.29, 1.82) is 0 Å². The normalized spacial score (nSPS) is 13.5. The Hall–Kier alpha value is -0.550. The standard InChI is InChI=1S/C11H9BrClF3O/c1-6(12)10(17)8-4-7(5-13)2-3-9(8)11(14,15)16/h2-4,6H,5H2,1H3. The Morgan fingerprint density at radius 3 is 2.47 bits per heavy atom. The van der Waals surface area contributed by atoms with Crippen LogP contribution in [0.2, 0.25) is 0 Å². The van der Waals surface area contributed by atoms with Crippen LogP contribution >= 0.6 is 27.5 Å². The van der Waals surface area contributed by atoms with Gasteiger partial charge < -0.3 is 0 Å². The lowest BCUT2D eigenvalue weighted by Gasteiger charge is -2.14. The van der Waals surface area contributed by atoms with Crippen molar-refractivity contribution < 1.29 is 18.0 Å². The minimum Gasteiger partial charge on any atom is -0.293 e. The van der Waals surface area contributed by atoms with Crippen LogP contribution in [-0.2, 0) is 12.1 Å². The number of ketones is 1. The molecule has 0 amide bonds. The molecule has 1 aromatic rings. The zero-order valence-corrected chi connectivity index (χ0v) is 11.2. The van der Waals surface area contributed by atoms with Crippen molar-refractivity contribution in [3.8, 4) is 0 Å². The van der Waals surface area contributed by atoms with E-state index in [1.54, 1.807) is 0 Å². The Kier molecular flexibility index (Phi) is 4.61. The molecule has 0 aromatic heterocycles. The van der Waals surface area contributed by atoms with E-state index < -0.39 is 22.4 Å².